The molecule has 1 saturated heterocycles. The Morgan fingerprint density at radius 1 is 1.53 bits per heavy atom. The number of halogens is 1. The Kier molecular flexibility index (Phi) is 3.50. The highest BCUT2D eigenvalue weighted by Crippen LogP contribution is 2.38. The van der Waals surface area contributed by atoms with E-state index in [1.54, 1.807) is 6.92 Å². The van der Waals surface area contributed by atoms with Crippen LogP contribution in [-0.2, 0) is 12.2 Å². The molecular weight excluding hydrogens is 215 g/mol. The molecule has 2 rings (SSSR count). The second-order valence-electron chi connectivity index (χ2n) is 5.23. The summed E-state index contributed by atoms with van der Waals surface area (Å²) in [5, 5.41) is 0. The third-order valence-corrected chi connectivity index (χ3v) is 3.89. The van der Waals surface area contributed by atoms with Crippen molar-refractivity contribution in [3.63, 3.8) is 0 Å². The first kappa shape index (κ1) is 12.5. The molecule has 0 bridgehead atoms. The Labute approximate surface area is 103 Å². The van der Waals surface area contributed by atoms with Gasteiger partial charge in [-0.15, -0.1) is 0 Å². The summed E-state index contributed by atoms with van der Waals surface area (Å²) in [4.78, 5) is 2.19. The number of hydrogen-bond acceptors (Lipinski definition) is 2. The average molecular weight is 236 g/mol. The molecule has 2 N–H and O–H groups in total. The van der Waals surface area contributed by atoms with Crippen LogP contribution in [0.15, 0.2) is 24.3 Å². The van der Waals surface area contributed by atoms with E-state index in [4.69, 9.17) is 5.73 Å². The minimum atomic E-state index is -1.25. The molecule has 94 valence electrons. The van der Waals surface area contributed by atoms with Crippen LogP contribution in [0.3, 0.4) is 0 Å². The molecule has 1 aliphatic heterocycles. The predicted octanol–water partition coefficient (Wildman–Crippen LogP) is 2.28. The second kappa shape index (κ2) is 4.75. The van der Waals surface area contributed by atoms with Crippen LogP contribution in [0.2, 0.25) is 0 Å². The fourth-order valence-electron chi connectivity index (χ4n) is 2.62. The van der Waals surface area contributed by atoms with Gasteiger partial charge in [0.05, 0.1) is 0 Å². The van der Waals surface area contributed by atoms with Crippen molar-refractivity contribution in [2.24, 2.45) is 11.7 Å². The zero-order chi connectivity index (χ0) is 12.5. The molecule has 0 spiro atoms. The van der Waals surface area contributed by atoms with E-state index in [1.165, 1.54) is 0 Å². The SMILES string of the molecule is CN1CCC(C(C)(F)c2cccc(CN)c2)C1. The third-order valence-electron chi connectivity index (χ3n) is 3.89. The topological polar surface area (TPSA) is 29.3 Å². The molecule has 0 radical (unpaired) electrons. The number of hydrogen-bond donors (Lipinski definition) is 1. The lowest BCUT2D eigenvalue weighted by Gasteiger charge is -2.28. The maximum Gasteiger partial charge on any atom is 0.137 e. The van der Waals surface area contributed by atoms with E-state index in [-0.39, 0.29) is 5.92 Å². The van der Waals surface area contributed by atoms with Gasteiger partial charge in [0.15, 0.2) is 0 Å². The first-order valence-electron chi connectivity index (χ1n) is 6.21. The molecular formula is C14H21FN2. The second-order valence-corrected chi connectivity index (χ2v) is 5.23. The predicted molar refractivity (Wildman–Crippen MR) is 68.4 cm³/mol. The summed E-state index contributed by atoms with van der Waals surface area (Å²) in [5.41, 5.74) is 6.12. The highest BCUT2D eigenvalue weighted by molar-refractivity contribution is 5.28. The van der Waals surface area contributed by atoms with Gasteiger partial charge in [-0.25, -0.2) is 4.39 Å². The van der Waals surface area contributed by atoms with Gasteiger partial charge in [0.1, 0.15) is 5.67 Å². The van der Waals surface area contributed by atoms with E-state index in [9.17, 15) is 4.39 Å². The van der Waals surface area contributed by atoms with Gasteiger partial charge in [-0.1, -0.05) is 24.3 Å². The Morgan fingerprint density at radius 2 is 2.29 bits per heavy atom. The molecule has 3 heteroatoms. The number of likely N-dealkylation sites (tertiary alicyclic amines) is 1. The largest absolute Gasteiger partial charge is 0.326 e. The zero-order valence-corrected chi connectivity index (χ0v) is 10.6. The monoisotopic (exact) mass is 236 g/mol. The van der Waals surface area contributed by atoms with Crippen molar-refractivity contribution in [3.05, 3.63) is 35.4 Å². The Bertz CT molecular complexity index is 390. The van der Waals surface area contributed by atoms with Gasteiger partial charge in [-0.05, 0) is 38.1 Å². The maximum absolute atomic E-state index is 14.9. The molecule has 17 heavy (non-hydrogen) atoms. The molecule has 0 amide bonds. The van der Waals surface area contributed by atoms with E-state index in [0.717, 1.165) is 30.6 Å². The summed E-state index contributed by atoms with van der Waals surface area (Å²) < 4.78 is 14.9. The van der Waals surface area contributed by atoms with Gasteiger partial charge in [-0.3, -0.25) is 0 Å². The van der Waals surface area contributed by atoms with E-state index < -0.39 is 5.67 Å². The lowest BCUT2D eigenvalue weighted by molar-refractivity contribution is 0.106. The quantitative estimate of drug-likeness (QED) is 0.872. The van der Waals surface area contributed by atoms with Crippen LogP contribution in [0.5, 0.6) is 0 Å². The van der Waals surface area contributed by atoms with Gasteiger partial charge >= 0.3 is 0 Å². The van der Waals surface area contributed by atoms with Gasteiger partial charge < -0.3 is 10.6 Å². The van der Waals surface area contributed by atoms with Gasteiger partial charge in [0.2, 0.25) is 0 Å². The fraction of sp³-hybridized carbons (Fsp3) is 0.571. The minimum Gasteiger partial charge on any atom is -0.326 e. The van der Waals surface area contributed by atoms with E-state index in [2.05, 4.69) is 4.90 Å². The standard InChI is InChI=1S/C14H21FN2/c1-14(15,13-6-7-17(2)10-13)12-5-3-4-11(8-12)9-16/h3-5,8,13H,6-7,9-10,16H2,1-2H3. The first-order chi connectivity index (χ1) is 8.04. The van der Waals surface area contributed by atoms with Crippen molar-refractivity contribution in [1.29, 1.82) is 0 Å². The molecule has 2 nitrogen and oxygen atoms in total. The molecule has 0 aromatic heterocycles. The molecule has 2 atom stereocenters. The molecule has 2 unspecified atom stereocenters. The lowest BCUT2D eigenvalue weighted by atomic mass is 9.83. The Balaban J connectivity index is 2.24. The van der Waals surface area contributed by atoms with Crippen LogP contribution in [0.4, 0.5) is 4.39 Å². The molecule has 1 heterocycles. The van der Waals surface area contributed by atoms with Crippen LogP contribution in [0.25, 0.3) is 0 Å². The van der Waals surface area contributed by atoms with E-state index in [0.29, 0.717) is 6.54 Å². The fourth-order valence-corrected chi connectivity index (χ4v) is 2.62. The summed E-state index contributed by atoms with van der Waals surface area (Å²) in [6, 6.07) is 7.62. The van der Waals surface area contributed by atoms with Crippen molar-refractivity contribution in [2.75, 3.05) is 20.1 Å². The van der Waals surface area contributed by atoms with Crippen LogP contribution >= 0.6 is 0 Å². The number of nitrogens with zero attached hydrogens (tertiary/aromatic N) is 1. The van der Waals surface area contributed by atoms with Crippen molar-refractivity contribution in [1.82, 2.24) is 4.90 Å². The summed E-state index contributed by atoms with van der Waals surface area (Å²) >= 11 is 0. The molecule has 1 aromatic carbocycles. The molecule has 1 aromatic rings. The highest BCUT2D eigenvalue weighted by atomic mass is 19.1. The van der Waals surface area contributed by atoms with Crippen LogP contribution in [-0.4, -0.2) is 25.0 Å². The summed E-state index contributed by atoms with van der Waals surface area (Å²) in [6.07, 6.45) is 0.927. The molecule has 1 aliphatic rings. The van der Waals surface area contributed by atoms with E-state index in [1.807, 2.05) is 31.3 Å². The van der Waals surface area contributed by atoms with E-state index >= 15 is 0 Å². The maximum atomic E-state index is 14.9. The molecule has 1 fully saturated rings. The first-order valence-corrected chi connectivity index (χ1v) is 6.21. The number of benzene rings is 1. The minimum absolute atomic E-state index is 0.0838. The molecule has 0 saturated carbocycles. The Hall–Kier alpha value is -0.930. The van der Waals surface area contributed by atoms with Crippen LogP contribution in [0.1, 0.15) is 24.5 Å². The number of nitrogens with two attached hydrogens (primary N) is 1. The smallest absolute Gasteiger partial charge is 0.137 e. The summed E-state index contributed by atoms with van der Waals surface area (Å²) in [6.45, 7) is 3.99. The summed E-state index contributed by atoms with van der Waals surface area (Å²) in [5.74, 6) is 0.0838. The van der Waals surface area contributed by atoms with Crippen molar-refractivity contribution in [2.45, 2.75) is 25.6 Å². The Morgan fingerprint density at radius 3 is 2.88 bits per heavy atom. The number of alkyl halides is 1. The third kappa shape index (κ3) is 2.50. The van der Waals surface area contributed by atoms with Crippen molar-refractivity contribution < 1.29 is 4.39 Å². The highest BCUT2D eigenvalue weighted by Gasteiger charge is 2.39. The van der Waals surface area contributed by atoms with Crippen molar-refractivity contribution >= 4 is 0 Å². The van der Waals surface area contributed by atoms with Crippen LogP contribution in [0, 0.1) is 5.92 Å². The van der Waals surface area contributed by atoms with Crippen molar-refractivity contribution in [3.8, 4) is 0 Å². The normalized spacial score (nSPS) is 24.8. The number of rotatable bonds is 3. The van der Waals surface area contributed by atoms with Gasteiger partial charge in [-0.2, -0.15) is 0 Å². The zero-order valence-electron chi connectivity index (χ0n) is 10.6. The van der Waals surface area contributed by atoms with Crippen LogP contribution < -0.4 is 5.73 Å². The average Bonchev–Trinajstić information content (AvgIpc) is 2.76. The van der Waals surface area contributed by atoms with Gasteiger partial charge in [0, 0.05) is 19.0 Å². The lowest BCUT2D eigenvalue weighted by Crippen LogP contribution is -2.29. The molecule has 0 aliphatic carbocycles. The van der Waals surface area contributed by atoms with Gasteiger partial charge in [0.25, 0.3) is 0 Å². The summed E-state index contributed by atoms with van der Waals surface area (Å²) in [7, 11) is 2.05.